The molecule has 21 heavy (non-hydrogen) atoms. The monoisotopic (exact) mass is 292 g/mol. The van der Waals surface area contributed by atoms with E-state index < -0.39 is 0 Å². The van der Waals surface area contributed by atoms with Crippen molar-refractivity contribution in [3.63, 3.8) is 0 Å². The van der Waals surface area contributed by atoms with E-state index in [1.54, 1.807) is 6.07 Å². The lowest BCUT2D eigenvalue weighted by molar-refractivity contribution is -0.123. The Kier molecular flexibility index (Phi) is 5.87. The van der Waals surface area contributed by atoms with Crippen LogP contribution in [-0.4, -0.2) is 25.2 Å². The number of hydrogen-bond donors (Lipinski definition) is 2. The molecule has 0 unspecified atom stereocenters. The molecule has 5 heteroatoms. The second-order valence-corrected chi connectivity index (χ2v) is 5.26. The predicted octanol–water partition coefficient (Wildman–Crippen LogP) is 1.98. The van der Waals surface area contributed by atoms with Crippen LogP contribution in [0.15, 0.2) is 18.2 Å². The molecule has 1 saturated carbocycles. The molecule has 0 bridgehead atoms. The van der Waals surface area contributed by atoms with Crippen molar-refractivity contribution in [2.75, 3.05) is 13.2 Å². The molecule has 0 radical (unpaired) electrons. The van der Waals surface area contributed by atoms with Gasteiger partial charge in [-0.2, -0.15) is 0 Å². The van der Waals surface area contributed by atoms with Crippen LogP contribution >= 0.6 is 0 Å². The summed E-state index contributed by atoms with van der Waals surface area (Å²) in [5.74, 6) is 1.14. The van der Waals surface area contributed by atoms with Crippen molar-refractivity contribution in [1.82, 2.24) is 5.32 Å². The van der Waals surface area contributed by atoms with Crippen molar-refractivity contribution in [2.24, 2.45) is 5.73 Å². The van der Waals surface area contributed by atoms with Crippen molar-refractivity contribution in [1.29, 1.82) is 0 Å². The summed E-state index contributed by atoms with van der Waals surface area (Å²) in [6.07, 6.45) is 4.53. The lowest BCUT2D eigenvalue weighted by Gasteiger charge is -2.15. The topological polar surface area (TPSA) is 73.6 Å². The molecule has 0 heterocycles. The quantitative estimate of drug-likeness (QED) is 0.806. The van der Waals surface area contributed by atoms with Crippen molar-refractivity contribution >= 4 is 5.91 Å². The van der Waals surface area contributed by atoms with Crippen LogP contribution in [0.5, 0.6) is 11.5 Å². The zero-order valence-electron chi connectivity index (χ0n) is 12.6. The standard InChI is InChI=1S/C16H24N2O3/c1-2-20-15-9-12(10-17)7-8-14(15)21-11-16(19)18-13-5-3-4-6-13/h7-9,13H,2-6,10-11,17H2,1H3,(H,18,19). The van der Waals surface area contributed by atoms with Gasteiger partial charge in [0.05, 0.1) is 6.61 Å². The number of carbonyl (C=O) groups excluding carboxylic acids is 1. The molecule has 0 aliphatic heterocycles. The molecule has 2 rings (SSSR count). The molecule has 0 saturated heterocycles. The van der Waals surface area contributed by atoms with E-state index in [1.165, 1.54) is 12.8 Å². The summed E-state index contributed by atoms with van der Waals surface area (Å²) in [4.78, 5) is 11.9. The number of carbonyl (C=O) groups is 1. The van der Waals surface area contributed by atoms with Crippen molar-refractivity contribution in [3.05, 3.63) is 23.8 Å². The number of benzene rings is 1. The molecule has 116 valence electrons. The lowest BCUT2D eigenvalue weighted by atomic mass is 10.2. The van der Waals surface area contributed by atoms with Gasteiger partial charge in [-0.1, -0.05) is 18.9 Å². The van der Waals surface area contributed by atoms with E-state index in [2.05, 4.69) is 5.32 Å². The second-order valence-electron chi connectivity index (χ2n) is 5.26. The highest BCUT2D eigenvalue weighted by molar-refractivity contribution is 5.78. The predicted molar refractivity (Wildman–Crippen MR) is 81.4 cm³/mol. The second kappa shape index (κ2) is 7.88. The van der Waals surface area contributed by atoms with Crippen molar-refractivity contribution < 1.29 is 14.3 Å². The van der Waals surface area contributed by atoms with Crippen molar-refractivity contribution in [2.45, 2.75) is 45.2 Å². The molecule has 5 nitrogen and oxygen atoms in total. The van der Waals surface area contributed by atoms with E-state index in [0.717, 1.165) is 18.4 Å². The minimum Gasteiger partial charge on any atom is -0.490 e. The summed E-state index contributed by atoms with van der Waals surface area (Å²) < 4.78 is 11.1. The number of nitrogens with two attached hydrogens (primary N) is 1. The average Bonchev–Trinajstić information content (AvgIpc) is 2.99. The SMILES string of the molecule is CCOc1cc(CN)ccc1OCC(=O)NC1CCCC1. The zero-order valence-corrected chi connectivity index (χ0v) is 12.6. The maximum absolute atomic E-state index is 11.9. The van der Waals surface area contributed by atoms with Gasteiger partial charge in [0.15, 0.2) is 18.1 Å². The maximum Gasteiger partial charge on any atom is 0.258 e. The van der Waals surface area contributed by atoms with Gasteiger partial charge in [0.2, 0.25) is 0 Å². The summed E-state index contributed by atoms with van der Waals surface area (Å²) in [6.45, 7) is 2.91. The number of amides is 1. The Bertz CT molecular complexity index is 471. The third kappa shape index (κ3) is 4.63. The van der Waals surface area contributed by atoms with Crippen LogP contribution in [0.1, 0.15) is 38.2 Å². The Morgan fingerprint density at radius 2 is 2.05 bits per heavy atom. The normalized spacial score (nSPS) is 15.0. The third-order valence-corrected chi connectivity index (χ3v) is 3.62. The highest BCUT2D eigenvalue weighted by atomic mass is 16.5. The van der Waals surface area contributed by atoms with Gasteiger partial charge < -0.3 is 20.5 Å². The molecule has 0 atom stereocenters. The van der Waals surface area contributed by atoms with Gasteiger partial charge in [-0.15, -0.1) is 0 Å². The van der Waals surface area contributed by atoms with E-state index in [9.17, 15) is 4.79 Å². The molecular weight excluding hydrogens is 268 g/mol. The number of nitrogens with one attached hydrogen (secondary N) is 1. The zero-order chi connectivity index (χ0) is 15.1. The van der Waals surface area contributed by atoms with E-state index >= 15 is 0 Å². The lowest BCUT2D eigenvalue weighted by Crippen LogP contribution is -2.36. The van der Waals surface area contributed by atoms with E-state index in [0.29, 0.717) is 30.7 Å². The van der Waals surface area contributed by atoms with Gasteiger partial charge in [-0.3, -0.25) is 4.79 Å². The van der Waals surface area contributed by atoms with Gasteiger partial charge in [-0.25, -0.2) is 0 Å². The summed E-state index contributed by atoms with van der Waals surface area (Å²) in [6, 6.07) is 5.85. The molecule has 0 aromatic heterocycles. The Balaban J connectivity index is 1.90. The summed E-state index contributed by atoms with van der Waals surface area (Å²) in [5, 5.41) is 3.00. The fraction of sp³-hybridized carbons (Fsp3) is 0.562. The number of hydrogen-bond acceptors (Lipinski definition) is 4. The van der Waals surface area contributed by atoms with Crippen LogP contribution in [0.2, 0.25) is 0 Å². The maximum atomic E-state index is 11.9. The molecule has 1 amide bonds. The first kappa shape index (κ1) is 15.6. The smallest absolute Gasteiger partial charge is 0.258 e. The van der Waals surface area contributed by atoms with Gasteiger partial charge in [0, 0.05) is 12.6 Å². The molecule has 1 aromatic rings. The van der Waals surface area contributed by atoms with Gasteiger partial charge in [0.25, 0.3) is 5.91 Å². The molecule has 1 aliphatic carbocycles. The number of rotatable bonds is 7. The van der Waals surface area contributed by atoms with Crippen LogP contribution in [0.25, 0.3) is 0 Å². The Morgan fingerprint density at radius 1 is 1.29 bits per heavy atom. The van der Waals surface area contributed by atoms with Crippen LogP contribution in [0, 0.1) is 0 Å². The first-order valence-electron chi connectivity index (χ1n) is 7.61. The van der Waals surface area contributed by atoms with Crippen molar-refractivity contribution in [3.8, 4) is 11.5 Å². The number of ether oxygens (including phenoxy) is 2. The van der Waals surface area contributed by atoms with Gasteiger partial charge in [0.1, 0.15) is 0 Å². The van der Waals surface area contributed by atoms with Crippen LogP contribution in [-0.2, 0) is 11.3 Å². The molecule has 0 spiro atoms. The van der Waals surface area contributed by atoms with Crippen LogP contribution in [0.3, 0.4) is 0 Å². The fourth-order valence-corrected chi connectivity index (χ4v) is 2.55. The Labute approximate surface area is 125 Å². The largest absolute Gasteiger partial charge is 0.490 e. The molecular formula is C16H24N2O3. The average molecular weight is 292 g/mol. The van der Waals surface area contributed by atoms with Gasteiger partial charge >= 0.3 is 0 Å². The first-order chi connectivity index (χ1) is 10.2. The van der Waals surface area contributed by atoms with E-state index in [1.807, 2.05) is 19.1 Å². The fourth-order valence-electron chi connectivity index (χ4n) is 2.55. The molecule has 3 N–H and O–H groups in total. The van der Waals surface area contributed by atoms with E-state index in [4.69, 9.17) is 15.2 Å². The van der Waals surface area contributed by atoms with E-state index in [-0.39, 0.29) is 12.5 Å². The summed E-state index contributed by atoms with van der Waals surface area (Å²) in [5.41, 5.74) is 6.59. The van der Waals surface area contributed by atoms with Crippen LogP contribution in [0.4, 0.5) is 0 Å². The minimum absolute atomic E-state index is 0.0124. The Hall–Kier alpha value is -1.75. The highest BCUT2D eigenvalue weighted by Crippen LogP contribution is 2.28. The molecule has 1 fully saturated rings. The minimum atomic E-state index is -0.0766. The summed E-state index contributed by atoms with van der Waals surface area (Å²) in [7, 11) is 0. The van der Waals surface area contributed by atoms with Gasteiger partial charge in [-0.05, 0) is 37.5 Å². The molecule has 1 aromatic carbocycles. The first-order valence-corrected chi connectivity index (χ1v) is 7.61. The highest BCUT2D eigenvalue weighted by Gasteiger charge is 2.17. The third-order valence-electron chi connectivity index (χ3n) is 3.62. The summed E-state index contributed by atoms with van der Waals surface area (Å²) >= 11 is 0. The van der Waals surface area contributed by atoms with Crippen LogP contribution < -0.4 is 20.5 Å². The Morgan fingerprint density at radius 3 is 2.71 bits per heavy atom. The molecule has 1 aliphatic rings.